The smallest absolute Gasteiger partial charge is 0.272 e. The second kappa shape index (κ2) is 13.7. The summed E-state index contributed by atoms with van der Waals surface area (Å²) in [5.41, 5.74) is 2.24. The average molecular weight is 506 g/mol. The van der Waals surface area contributed by atoms with E-state index in [2.05, 4.69) is 45.0 Å². The standard InChI is InChI=1S/C19H19N5O4S.C7H8/c25-16(23-15-11-29-19(15)28)10-22-17(26)13(8-12-4-2-1-3-5-12)24-18(27)14-9-20-6-7-21-14;1-7-5-3-2-4-6-7/h1-7,9,13,15H,8,10-11H2,(H,22,26)(H,23,25)(H,24,27);2-6H,1H3. The zero-order chi connectivity index (χ0) is 25.8. The number of carbonyl (C=O) groups excluding carboxylic acids is 4. The molecule has 2 unspecified atom stereocenters. The highest BCUT2D eigenvalue weighted by atomic mass is 32.2. The molecule has 2 aromatic carbocycles. The lowest BCUT2D eigenvalue weighted by Crippen LogP contribution is -2.53. The maximum atomic E-state index is 12.6. The molecule has 3 aromatic rings. The minimum absolute atomic E-state index is 0.0806. The molecule has 1 aliphatic rings. The summed E-state index contributed by atoms with van der Waals surface area (Å²) in [6.07, 6.45) is 4.35. The first-order valence-electron chi connectivity index (χ1n) is 11.3. The van der Waals surface area contributed by atoms with Gasteiger partial charge in [-0.3, -0.25) is 24.2 Å². The lowest BCUT2D eigenvalue weighted by Gasteiger charge is -2.24. The van der Waals surface area contributed by atoms with E-state index >= 15 is 0 Å². The molecule has 2 atom stereocenters. The number of hydrogen-bond donors (Lipinski definition) is 3. The summed E-state index contributed by atoms with van der Waals surface area (Å²) in [6.45, 7) is 1.79. The monoisotopic (exact) mass is 505 g/mol. The third-order valence-electron chi connectivity index (χ3n) is 5.08. The highest BCUT2D eigenvalue weighted by molar-refractivity contribution is 8.16. The summed E-state index contributed by atoms with van der Waals surface area (Å²) in [5.74, 6) is -0.995. The first-order chi connectivity index (χ1) is 17.4. The lowest BCUT2D eigenvalue weighted by molar-refractivity contribution is -0.128. The second-order valence-electron chi connectivity index (χ2n) is 7.93. The van der Waals surface area contributed by atoms with E-state index in [-0.39, 0.29) is 23.8 Å². The summed E-state index contributed by atoms with van der Waals surface area (Å²) in [5, 5.41) is 7.59. The van der Waals surface area contributed by atoms with Gasteiger partial charge in [0.2, 0.25) is 16.9 Å². The number of aromatic nitrogens is 2. The van der Waals surface area contributed by atoms with Crippen LogP contribution in [0, 0.1) is 6.92 Å². The molecule has 3 N–H and O–H groups in total. The Hall–Kier alpha value is -4.05. The number of nitrogens with zero attached hydrogens (tertiary/aromatic N) is 2. The van der Waals surface area contributed by atoms with E-state index in [1.54, 1.807) is 0 Å². The number of hydrogen-bond acceptors (Lipinski definition) is 7. The normalized spacial score (nSPS) is 14.8. The average Bonchev–Trinajstić information content (AvgIpc) is 2.91. The van der Waals surface area contributed by atoms with Gasteiger partial charge in [0.1, 0.15) is 17.8 Å². The van der Waals surface area contributed by atoms with E-state index in [9.17, 15) is 19.2 Å². The van der Waals surface area contributed by atoms with Crippen molar-refractivity contribution in [1.29, 1.82) is 0 Å². The van der Waals surface area contributed by atoms with Crippen molar-refractivity contribution in [2.45, 2.75) is 25.4 Å². The molecule has 9 nitrogen and oxygen atoms in total. The minimum Gasteiger partial charge on any atom is -0.345 e. The van der Waals surface area contributed by atoms with Crippen molar-refractivity contribution in [1.82, 2.24) is 25.9 Å². The summed E-state index contributed by atoms with van der Waals surface area (Å²) < 4.78 is 0. The molecule has 10 heteroatoms. The maximum absolute atomic E-state index is 12.6. The van der Waals surface area contributed by atoms with Gasteiger partial charge in [-0.15, -0.1) is 0 Å². The molecule has 36 heavy (non-hydrogen) atoms. The van der Waals surface area contributed by atoms with Crippen LogP contribution >= 0.6 is 11.8 Å². The predicted octanol–water partition coefficient (Wildman–Crippen LogP) is 1.69. The Kier molecular flexibility index (Phi) is 10.1. The van der Waals surface area contributed by atoms with Gasteiger partial charge in [-0.25, -0.2) is 4.98 Å². The molecule has 0 bridgehead atoms. The highest BCUT2D eigenvalue weighted by Gasteiger charge is 2.31. The van der Waals surface area contributed by atoms with E-state index in [0.29, 0.717) is 5.75 Å². The molecule has 1 saturated heterocycles. The molecular weight excluding hydrogens is 478 g/mol. The van der Waals surface area contributed by atoms with Crippen molar-refractivity contribution < 1.29 is 19.2 Å². The van der Waals surface area contributed by atoms with E-state index in [1.165, 1.54) is 24.2 Å². The maximum Gasteiger partial charge on any atom is 0.272 e. The molecule has 2 heterocycles. The molecule has 1 fully saturated rings. The second-order valence-corrected chi connectivity index (χ2v) is 8.95. The first-order valence-corrected chi connectivity index (χ1v) is 12.3. The van der Waals surface area contributed by atoms with Crippen LogP contribution in [0.25, 0.3) is 0 Å². The quantitative estimate of drug-likeness (QED) is 0.425. The van der Waals surface area contributed by atoms with Crippen molar-refractivity contribution in [2.75, 3.05) is 12.3 Å². The van der Waals surface area contributed by atoms with Gasteiger partial charge in [-0.2, -0.15) is 0 Å². The van der Waals surface area contributed by atoms with Gasteiger partial charge in [-0.1, -0.05) is 78.0 Å². The van der Waals surface area contributed by atoms with Crippen LogP contribution < -0.4 is 16.0 Å². The van der Waals surface area contributed by atoms with E-state index in [0.717, 1.165) is 17.3 Å². The van der Waals surface area contributed by atoms with Crippen molar-refractivity contribution in [3.8, 4) is 0 Å². The Bertz CT molecular complexity index is 1160. The van der Waals surface area contributed by atoms with Crippen LogP contribution in [0.5, 0.6) is 0 Å². The number of nitrogens with one attached hydrogen (secondary N) is 3. The molecule has 3 amide bonds. The fourth-order valence-corrected chi connectivity index (χ4v) is 3.72. The highest BCUT2D eigenvalue weighted by Crippen LogP contribution is 2.19. The van der Waals surface area contributed by atoms with Crippen LogP contribution in [0.4, 0.5) is 0 Å². The summed E-state index contributed by atoms with van der Waals surface area (Å²) in [4.78, 5) is 56.0. The molecule has 1 aliphatic heterocycles. The minimum atomic E-state index is -0.916. The third kappa shape index (κ3) is 8.62. The van der Waals surface area contributed by atoms with Gasteiger partial charge in [0.05, 0.1) is 12.7 Å². The number of aryl methyl sites for hydroxylation is 1. The Balaban J connectivity index is 0.000000444. The Labute approximate surface area is 213 Å². The lowest BCUT2D eigenvalue weighted by atomic mass is 10.0. The Morgan fingerprint density at radius 1 is 1.03 bits per heavy atom. The van der Waals surface area contributed by atoms with Gasteiger partial charge in [0.15, 0.2) is 0 Å². The van der Waals surface area contributed by atoms with Crippen molar-refractivity contribution in [3.05, 3.63) is 96.1 Å². The van der Waals surface area contributed by atoms with E-state index in [1.807, 2.05) is 48.5 Å². The summed E-state index contributed by atoms with van der Waals surface area (Å²) in [6, 6.07) is 18.0. The number of benzene rings is 2. The molecule has 0 saturated carbocycles. The molecule has 0 aliphatic carbocycles. The van der Waals surface area contributed by atoms with Crippen LogP contribution in [0.2, 0.25) is 0 Å². The zero-order valence-electron chi connectivity index (χ0n) is 19.7. The van der Waals surface area contributed by atoms with E-state index < -0.39 is 29.8 Å². The van der Waals surface area contributed by atoms with Gasteiger partial charge >= 0.3 is 0 Å². The van der Waals surface area contributed by atoms with Gasteiger partial charge in [0.25, 0.3) is 5.91 Å². The van der Waals surface area contributed by atoms with Crippen LogP contribution in [-0.2, 0) is 20.8 Å². The fraction of sp³-hybridized carbons (Fsp3) is 0.231. The largest absolute Gasteiger partial charge is 0.345 e. The summed E-state index contributed by atoms with van der Waals surface area (Å²) >= 11 is 1.15. The molecule has 0 radical (unpaired) electrons. The van der Waals surface area contributed by atoms with Crippen molar-refractivity contribution in [3.63, 3.8) is 0 Å². The SMILES string of the molecule is Cc1ccccc1.O=C(CNC(=O)C(Cc1ccccc1)NC(=O)c1cnccn1)NC1CSC1=O. The summed E-state index contributed by atoms with van der Waals surface area (Å²) in [7, 11) is 0. The predicted molar refractivity (Wildman–Crippen MR) is 137 cm³/mol. The van der Waals surface area contributed by atoms with Crippen molar-refractivity contribution >= 4 is 34.6 Å². The van der Waals surface area contributed by atoms with Crippen LogP contribution in [-0.4, -0.2) is 57.2 Å². The number of rotatable bonds is 8. The molecule has 0 spiro atoms. The van der Waals surface area contributed by atoms with E-state index in [4.69, 9.17) is 0 Å². The molecule has 186 valence electrons. The van der Waals surface area contributed by atoms with Gasteiger partial charge in [0, 0.05) is 24.6 Å². The number of carbonyl (C=O) groups is 4. The molecule has 4 rings (SSSR count). The molecular formula is C26H27N5O4S. The number of thioether (sulfide) groups is 1. The number of amides is 3. The Morgan fingerprint density at radius 2 is 1.72 bits per heavy atom. The van der Waals surface area contributed by atoms with Crippen molar-refractivity contribution in [2.24, 2.45) is 0 Å². The topological polar surface area (TPSA) is 130 Å². The fourth-order valence-electron chi connectivity index (χ4n) is 3.11. The van der Waals surface area contributed by atoms with Gasteiger partial charge < -0.3 is 16.0 Å². The zero-order valence-corrected chi connectivity index (χ0v) is 20.5. The van der Waals surface area contributed by atoms with Crippen LogP contribution in [0.1, 0.15) is 21.6 Å². The Morgan fingerprint density at radius 3 is 2.25 bits per heavy atom. The molecule has 1 aromatic heterocycles. The van der Waals surface area contributed by atoms with Gasteiger partial charge in [-0.05, 0) is 12.5 Å². The third-order valence-corrected chi connectivity index (χ3v) is 6.14. The first kappa shape index (κ1) is 26.6. The van der Waals surface area contributed by atoms with Crippen LogP contribution in [0.15, 0.2) is 79.3 Å². The van der Waals surface area contributed by atoms with Crippen LogP contribution in [0.3, 0.4) is 0 Å².